The second-order valence-corrected chi connectivity index (χ2v) is 10.8. The molecule has 1 unspecified atom stereocenters. The molecule has 0 amide bonds. The minimum Gasteiger partial charge on any atom is -0.490 e. The van der Waals surface area contributed by atoms with Crippen molar-refractivity contribution in [3.8, 4) is 11.6 Å². The van der Waals surface area contributed by atoms with Crippen LogP contribution in [0.5, 0.6) is 5.75 Å². The predicted molar refractivity (Wildman–Crippen MR) is 154 cm³/mol. The summed E-state index contributed by atoms with van der Waals surface area (Å²) in [6, 6.07) is 11.6. The van der Waals surface area contributed by atoms with Crippen molar-refractivity contribution in [2.75, 3.05) is 25.5 Å². The molecule has 1 fully saturated rings. The Balaban J connectivity index is 1.31. The van der Waals surface area contributed by atoms with Gasteiger partial charge >= 0.3 is 0 Å². The average Bonchev–Trinajstić information content (AvgIpc) is 3.45. The molecule has 0 radical (unpaired) electrons. The molecule has 0 saturated carbocycles. The molecule has 1 aliphatic heterocycles. The number of likely N-dealkylation sites (tertiary alicyclic amines) is 1. The van der Waals surface area contributed by atoms with Crippen molar-refractivity contribution in [1.29, 1.82) is 0 Å². The van der Waals surface area contributed by atoms with Crippen molar-refractivity contribution in [3.63, 3.8) is 0 Å². The monoisotopic (exact) mass is 541 g/mol. The van der Waals surface area contributed by atoms with Crippen molar-refractivity contribution >= 4 is 22.7 Å². The molecule has 208 valence electrons. The Labute approximate surface area is 232 Å². The van der Waals surface area contributed by atoms with E-state index in [0.29, 0.717) is 41.3 Å². The molecule has 2 aliphatic rings. The van der Waals surface area contributed by atoms with Gasteiger partial charge in [-0.1, -0.05) is 19.1 Å². The lowest BCUT2D eigenvalue weighted by molar-refractivity contribution is 0.0306. The number of aryl methyl sites for hydroxylation is 1. The Hall–Kier alpha value is -4.02. The van der Waals surface area contributed by atoms with Crippen molar-refractivity contribution in [1.82, 2.24) is 29.2 Å². The van der Waals surface area contributed by atoms with Crippen LogP contribution in [-0.4, -0.2) is 60.6 Å². The zero-order valence-electron chi connectivity index (χ0n) is 23.0. The van der Waals surface area contributed by atoms with Crippen molar-refractivity contribution in [3.05, 3.63) is 76.9 Å². The fourth-order valence-corrected chi connectivity index (χ4v) is 5.65. The molecule has 3 aromatic heterocycles. The van der Waals surface area contributed by atoms with Crippen LogP contribution in [0.3, 0.4) is 0 Å². The van der Waals surface area contributed by atoms with E-state index in [1.807, 2.05) is 43.3 Å². The SMILES string of the molecule is C=CCn1c(=O)c2cnc(Nc3ccc(OC4CCN(C)CC4)cc3)nc2n1-c1ccc2c(n1)C(O)(CC)CC2. The number of pyridine rings is 1. The van der Waals surface area contributed by atoms with Crippen molar-refractivity contribution in [2.45, 2.75) is 57.3 Å². The van der Waals surface area contributed by atoms with Gasteiger partial charge in [0.15, 0.2) is 11.5 Å². The lowest BCUT2D eigenvalue weighted by Crippen LogP contribution is -2.35. The minimum absolute atomic E-state index is 0.232. The number of nitrogens with one attached hydrogen (secondary N) is 1. The summed E-state index contributed by atoms with van der Waals surface area (Å²) in [6.45, 7) is 8.14. The van der Waals surface area contributed by atoms with E-state index >= 15 is 0 Å². The second kappa shape index (κ2) is 10.5. The van der Waals surface area contributed by atoms with Crippen LogP contribution >= 0.6 is 0 Å². The average molecular weight is 542 g/mol. The van der Waals surface area contributed by atoms with E-state index in [1.54, 1.807) is 15.4 Å². The molecule has 0 spiro atoms. The third-order valence-electron chi connectivity index (χ3n) is 8.07. The number of aliphatic hydroxyl groups is 1. The summed E-state index contributed by atoms with van der Waals surface area (Å²) in [5.74, 6) is 1.70. The zero-order chi connectivity index (χ0) is 27.9. The maximum atomic E-state index is 13.3. The first-order valence-corrected chi connectivity index (χ1v) is 13.9. The van der Waals surface area contributed by atoms with Gasteiger partial charge in [-0.3, -0.25) is 4.79 Å². The van der Waals surface area contributed by atoms with Crippen LogP contribution in [0.1, 0.15) is 43.9 Å². The number of hydrogen-bond acceptors (Lipinski definition) is 8. The molecule has 1 atom stereocenters. The number of nitrogens with zero attached hydrogens (tertiary/aromatic N) is 6. The highest BCUT2D eigenvalue weighted by Gasteiger charge is 2.37. The number of ether oxygens (including phenoxy) is 1. The van der Waals surface area contributed by atoms with E-state index < -0.39 is 5.60 Å². The van der Waals surface area contributed by atoms with Gasteiger partial charge in [-0.05, 0) is 75.0 Å². The molecule has 0 bridgehead atoms. The van der Waals surface area contributed by atoms with Crippen LogP contribution in [0.15, 0.2) is 60.0 Å². The number of benzene rings is 1. The van der Waals surface area contributed by atoms with Crippen LogP contribution in [0, 0.1) is 0 Å². The molecule has 4 aromatic rings. The molecule has 10 heteroatoms. The number of anilines is 2. The summed E-state index contributed by atoms with van der Waals surface area (Å²) in [7, 11) is 2.14. The van der Waals surface area contributed by atoms with E-state index in [9.17, 15) is 9.90 Å². The van der Waals surface area contributed by atoms with Crippen LogP contribution in [-0.2, 0) is 18.6 Å². The van der Waals surface area contributed by atoms with Gasteiger partial charge in [0.1, 0.15) is 22.8 Å². The van der Waals surface area contributed by atoms with Gasteiger partial charge in [-0.15, -0.1) is 6.58 Å². The van der Waals surface area contributed by atoms with Gasteiger partial charge in [0.2, 0.25) is 5.95 Å². The number of hydrogen-bond donors (Lipinski definition) is 2. The van der Waals surface area contributed by atoms with E-state index in [2.05, 4.69) is 28.8 Å². The lowest BCUT2D eigenvalue weighted by atomic mass is 9.98. The van der Waals surface area contributed by atoms with Crippen LogP contribution in [0.4, 0.5) is 11.6 Å². The molecule has 1 aromatic carbocycles. The second-order valence-electron chi connectivity index (χ2n) is 10.8. The zero-order valence-corrected chi connectivity index (χ0v) is 23.0. The Morgan fingerprint density at radius 3 is 2.67 bits per heavy atom. The van der Waals surface area contributed by atoms with Gasteiger partial charge in [0.05, 0.1) is 12.2 Å². The molecule has 6 rings (SSSR count). The normalized spacial score (nSPS) is 19.6. The molecule has 4 heterocycles. The molecule has 40 heavy (non-hydrogen) atoms. The van der Waals surface area contributed by atoms with E-state index in [-0.39, 0.29) is 18.2 Å². The molecule has 1 saturated heterocycles. The summed E-state index contributed by atoms with van der Waals surface area (Å²) in [6.07, 6.45) is 7.46. The van der Waals surface area contributed by atoms with Gasteiger partial charge in [-0.2, -0.15) is 4.98 Å². The molecule has 2 N–H and O–H groups in total. The van der Waals surface area contributed by atoms with E-state index in [4.69, 9.17) is 14.7 Å². The highest BCUT2D eigenvalue weighted by Crippen LogP contribution is 2.38. The minimum atomic E-state index is -0.969. The Morgan fingerprint density at radius 2 is 1.95 bits per heavy atom. The molecular weight excluding hydrogens is 506 g/mol. The lowest BCUT2D eigenvalue weighted by Gasteiger charge is -2.29. The third-order valence-corrected chi connectivity index (χ3v) is 8.07. The van der Waals surface area contributed by atoms with Crippen LogP contribution in [0.25, 0.3) is 16.9 Å². The Morgan fingerprint density at radius 1 is 1.18 bits per heavy atom. The van der Waals surface area contributed by atoms with Gasteiger partial charge in [0.25, 0.3) is 5.56 Å². The highest BCUT2D eigenvalue weighted by molar-refractivity contribution is 5.77. The summed E-state index contributed by atoms with van der Waals surface area (Å²) in [4.78, 5) is 29.6. The fourth-order valence-electron chi connectivity index (χ4n) is 5.65. The first-order chi connectivity index (χ1) is 19.4. The van der Waals surface area contributed by atoms with E-state index in [1.165, 1.54) is 6.20 Å². The third kappa shape index (κ3) is 4.77. The first kappa shape index (κ1) is 26.2. The summed E-state index contributed by atoms with van der Waals surface area (Å²) < 4.78 is 9.40. The predicted octanol–water partition coefficient (Wildman–Crippen LogP) is 3.92. The Kier molecular flexibility index (Phi) is 6.89. The van der Waals surface area contributed by atoms with Crippen molar-refractivity contribution < 1.29 is 9.84 Å². The number of allylic oxidation sites excluding steroid dienone is 1. The van der Waals surface area contributed by atoms with Crippen LogP contribution in [0.2, 0.25) is 0 Å². The molecular formula is C30H35N7O3. The standard InChI is InChI=1S/C30H35N7O3/c1-4-16-36-28(38)24-19-31-29(32-21-7-9-22(10-8-21)40-23-13-17-35(3)18-14-23)34-27(24)37(36)25-11-6-20-12-15-30(39,5-2)26(20)33-25/h4,6-11,19,23,39H,1,5,12-18H2,2-3H3,(H,31,32,34). The fraction of sp³-hybridized carbons (Fsp3) is 0.400. The maximum Gasteiger partial charge on any atom is 0.278 e. The smallest absolute Gasteiger partial charge is 0.278 e. The number of rotatable bonds is 8. The Bertz CT molecular complexity index is 1600. The van der Waals surface area contributed by atoms with Crippen LogP contribution < -0.4 is 15.6 Å². The number of aromatic nitrogens is 5. The van der Waals surface area contributed by atoms with Gasteiger partial charge in [-0.25, -0.2) is 19.3 Å². The largest absolute Gasteiger partial charge is 0.490 e. The molecule has 1 aliphatic carbocycles. The summed E-state index contributed by atoms with van der Waals surface area (Å²) >= 11 is 0. The summed E-state index contributed by atoms with van der Waals surface area (Å²) in [5, 5.41) is 14.8. The first-order valence-electron chi connectivity index (χ1n) is 13.9. The molecule has 10 nitrogen and oxygen atoms in total. The number of piperidine rings is 1. The van der Waals surface area contributed by atoms with Gasteiger partial charge in [0, 0.05) is 25.0 Å². The van der Waals surface area contributed by atoms with E-state index in [0.717, 1.165) is 49.4 Å². The van der Waals surface area contributed by atoms with Crippen molar-refractivity contribution in [2.24, 2.45) is 0 Å². The van der Waals surface area contributed by atoms with Gasteiger partial charge < -0.3 is 20.1 Å². The maximum absolute atomic E-state index is 13.3. The number of fused-ring (bicyclic) bond motifs is 2. The topological polar surface area (TPSA) is 110 Å². The summed E-state index contributed by atoms with van der Waals surface area (Å²) in [5.41, 5.74) is 1.73. The quantitative estimate of drug-likeness (QED) is 0.323. The highest BCUT2D eigenvalue weighted by atomic mass is 16.5.